The van der Waals surface area contributed by atoms with Gasteiger partial charge in [-0.2, -0.15) is 0 Å². The Morgan fingerprint density at radius 3 is 2.73 bits per heavy atom. The van der Waals surface area contributed by atoms with Gasteiger partial charge in [0.15, 0.2) is 0 Å². The van der Waals surface area contributed by atoms with Crippen molar-refractivity contribution in [2.75, 3.05) is 10.6 Å². The first-order valence-electron chi connectivity index (χ1n) is 8.34. The molecular weight excluding hydrogens is 396 g/mol. The predicted octanol–water partition coefficient (Wildman–Crippen LogP) is 4.08. The Kier molecular flexibility index (Phi) is 4.80. The van der Waals surface area contributed by atoms with Gasteiger partial charge in [0.25, 0.3) is 5.91 Å². The highest BCUT2D eigenvalue weighted by atomic mass is 79.9. The predicted molar refractivity (Wildman–Crippen MR) is 105 cm³/mol. The molecule has 0 spiro atoms. The minimum atomic E-state index is -0.455. The van der Waals surface area contributed by atoms with E-state index in [9.17, 15) is 9.59 Å². The fourth-order valence-electron chi connectivity index (χ4n) is 3.42. The van der Waals surface area contributed by atoms with Crippen molar-refractivity contribution < 1.29 is 14.3 Å². The minimum Gasteiger partial charge on any atom is -0.461 e. The maximum absolute atomic E-state index is 13.3. The number of carbonyl (C=O) groups excluding carboxylic acids is 2. The summed E-state index contributed by atoms with van der Waals surface area (Å²) >= 11 is 3.52. The Morgan fingerprint density at radius 2 is 2.04 bits per heavy atom. The molecule has 1 amide bonds. The number of nitrogens with zero attached hydrogens (tertiary/aromatic N) is 1. The quantitative estimate of drug-likeness (QED) is 0.604. The average Bonchev–Trinajstić information content (AvgIpc) is 2.52. The molecule has 1 aliphatic rings. The van der Waals surface area contributed by atoms with Gasteiger partial charge >= 0.3 is 5.97 Å². The van der Waals surface area contributed by atoms with E-state index in [-0.39, 0.29) is 18.5 Å². The molecule has 1 aliphatic heterocycles. The summed E-state index contributed by atoms with van der Waals surface area (Å²) in [5.41, 5.74) is 9.19. The fourth-order valence-corrected chi connectivity index (χ4v) is 3.89. The molecular formula is C20H21BrN2O3. The lowest BCUT2D eigenvalue weighted by Crippen LogP contribution is -2.53. The van der Waals surface area contributed by atoms with E-state index in [2.05, 4.69) is 15.9 Å². The van der Waals surface area contributed by atoms with Gasteiger partial charge in [-0.3, -0.25) is 9.59 Å². The molecule has 26 heavy (non-hydrogen) atoms. The summed E-state index contributed by atoms with van der Waals surface area (Å²) in [4.78, 5) is 26.4. The largest absolute Gasteiger partial charge is 0.461 e. The van der Waals surface area contributed by atoms with Crippen molar-refractivity contribution in [2.24, 2.45) is 0 Å². The zero-order valence-corrected chi connectivity index (χ0v) is 16.6. The monoisotopic (exact) mass is 416 g/mol. The van der Waals surface area contributed by atoms with Crippen LogP contribution in [-0.4, -0.2) is 17.4 Å². The van der Waals surface area contributed by atoms with Crippen molar-refractivity contribution in [1.82, 2.24) is 0 Å². The van der Waals surface area contributed by atoms with Gasteiger partial charge in [0.2, 0.25) is 0 Å². The molecule has 1 heterocycles. The van der Waals surface area contributed by atoms with Crippen LogP contribution in [0.4, 0.5) is 11.4 Å². The van der Waals surface area contributed by atoms with Crippen molar-refractivity contribution in [3.8, 4) is 0 Å². The number of rotatable bonds is 3. The third-order valence-corrected chi connectivity index (χ3v) is 5.29. The minimum absolute atomic E-state index is 0.0848. The van der Waals surface area contributed by atoms with Crippen LogP contribution in [0, 0.1) is 0 Å². The number of ether oxygens (including phenoxy) is 1. The fraction of sp³-hybridized carbons (Fsp3) is 0.300. The number of fused-ring (bicyclic) bond motifs is 1. The van der Waals surface area contributed by atoms with Crippen molar-refractivity contribution in [3.05, 3.63) is 57.6 Å². The van der Waals surface area contributed by atoms with Crippen LogP contribution >= 0.6 is 15.9 Å². The Labute approximate surface area is 161 Å². The van der Waals surface area contributed by atoms with E-state index in [1.54, 1.807) is 17.0 Å². The lowest BCUT2D eigenvalue weighted by molar-refractivity contribution is -0.142. The number of halogens is 1. The Bertz CT molecular complexity index is 893. The molecule has 3 rings (SSSR count). The maximum atomic E-state index is 13.3. The summed E-state index contributed by atoms with van der Waals surface area (Å²) in [7, 11) is 0. The van der Waals surface area contributed by atoms with Crippen LogP contribution in [-0.2, 0) is 22.6 Å². The zero-order chi connectivity index (χ0) is 19.1. The summed E-state index contributed by atoms with van der Waals surface area (Å²) in [6, 6.07) is 11.0. The Balaban J connectivity index is 2.11. The molecule has 0 saturated carbocycles. The zero-order valence-electron chi connectivity index (χ0n) is 15.0. The van der Waals surface area contributed by atoms with Crippen molar-refractivity contribution in [3.63, 3.8) is 0 Å². The van der Waals surface area contributed by atoms with Crippen molar-refractivity contribution in [1.29, 1.82) is 0 Å². The number of carbonyl (C=O) groups is 2. The van der Waals surface area contributed by atoms with Gasteiger partial charge < -0.3 is 15.4 Å². The third-order valence-electron chi connectivity index (χ3n) is 4.55. The third kappa shape index (κ3) is 3.33. The lowest BCUT2D eigenvalue weighted by atomic mass is 9.84. The van der Waals surface area contributed by atoms with Crippen LogP contribution < -0.4 is 10.6 Å². The molecule has 0 saturated heterocycles. The van der Waals surface area contributed by atoms with E-state index in [4.69, 9.17) is 10.5 Å². The smallest absolute Gasteiger partial charge is 0.302 e. The highest BCUT2D eigenvalue weighted by Gasteiger charge is 2.40. The van der Waals surface area contributed by atoms with Gasteiger partial charge in [-0.1, -0.05) is 22.0 Å². The molecule has 0 radical (unpaired) electrons. The van der Waals surface area contributed by atoms with Crippen molar-refractivity contribution in [2.45, 2.75) is 39.3 Å². The Morgan fingerprint density at radius 1 is 1.31 bits per heavy atom. The molecule has 0 atom stereocenters. The second kappa shape index (κ2) is 6.76. The second-order valence-electron chi connectivity index (χ2n) is 7.06. The van der Waals surface area contributed by atoms with E-state index >= 15 is 0 Å². The maximum Gasteiger partial charge on any atom is 0.302 e. The molecule has 0 fully saturated rings. The van der Waals surface area contributed by atoms with Crippen molar-refractivity contribution >= 4 is 39.2 Å². The summed E-state index contributed by atoms with van der Waals surface area (Å²) in [5, 5.41) is 0. The number of anilines is 2. The number of esters is 1. The van der Waals surface area contributed by atoms with Gasteiger partial charge in [-0.05, 0) is 56.2 Å². The van der Waals surface area contributed by atoms with Crippen LogP contribution in [0.2, 0.25) is 0 Å². The van der Waals surface area contributed by atoms with Gasteiger partial charge in [0.1, 0.15) is 6.61 Å². The molecule has 2 aromatic carbocycles. The van der Waals surface area contributed by atoms with E-state index in [0.717, 1.165) is 21.3 Å². The molecule has 0 aromatic heterocycles. The highest BCUT2D eigenvalue weighted by molar-refractivity contribution is 9.10. The van der Waals surface area contributed by atoms with Gasteiger partial charge in [-0.25, -0.2) is 0 Å². The second-order valence-corrected chi connectivity index (χ2v) is 7.92. The number of amides is 1. The molecule has 2 aromatic rings. The molecule has 0 unspecified atom stereocenters. The van der Waals surface area contributed by atoms with Crippen LogP contribution in [0.15, 0.2) is 40.9 Å². The topological polar surface area (TPSA) is 72.6 Å². The van der Waals surface area contributed by atoms with Crippen LogP contribution in [0.3, 0.4) is 0 Å². The van der Waals surface area contributed by atoms with Gasteiger partial charge in [0, 0.05) is 33.7 Å². The Hall–Kier alpha value is -2.34. The number of nitrogen functional groups attached to an aromatic ring is 1. The summed E-state index contributed by atoms with van der Waals surface area (Å²) < 4.78 is 6.00. The van der Waals surface area contributed by atoms with Gasteiger partial charge in [0.05, 0.1) is 5.69 Å². The highest BCUT2D eigenvalue weighted by Crippen LogP contribution is 2.39. The molecule has 2 N–H and O–H groups in total. The van der Waals surface area contributed by atoms with E-state index in [1.165, 1.54) is 6.92 Å². The standard InChI is InChI=1S/C20H21BrN2O3/c1-12(24)26-11-16-17(21)5-4-6-18(16)23-19(25)15-8-7-14(22)9-13(15)10-20(23,2)3/h4-9H,10-11,22H2,1-3H3. The van der Waals surface area contributed by atoms with Crippen LogP contribution in [0.5, 0.6) is 0 Å². The normalized spacial score (nSPS) is 15.5. The average molecular weight is 417 g/mol. The molecule has 0 aliphatic carbocycles. The van der Waals surface area contributed by atoms with Gasteiger partial charge in [-0.15, -0.1) is 0 Å². The molecule has 136 valence electrons. The molecule has 5 nitrogen and oxygen atoms in total. The first kappa shape index (κ1) is 18.5. The molecule has 6 heteroatoms. The number of nitrogens with two attached hydrogens (primary N) is 1. The van der Waals surface area contributed by atoms with E-state index < -0.39 is 5.54 Å². The number of hydrogen-bond donors (Lipinski definition) is 1. The first-order chi connectivity index (χ1) is 12.2. The summed E-state index contributed by atoms with van der Waals surface area (Å²) in [6.45, 7) is 5.51. The summed E-state index contributed by atoms with van der Waals surface area (Å²) in [5.74, 6) is -0.449. The lowest BCUT2D eigenvalue weighted by Gasteiger charge is -2.44. The number of benzene rings is 2. The first-order valence-corrected chi connectivity index (χ1v) is 9.14. The molecule has 0 bridgehead atoms. The number of hydrogen-bond acceptors (Lipinski definition) is 4. The summed E-state index contributed by atoms with van der Waals surface area (Å²) in [6.07, 6.45) is 0.679. The van der Waals surface area contributed by atoms with E-state index in [0.29, 0.717) is 17.7 Å². The van der Waals surface area contributed by atoms with Crippen LogP contribution in [0.1, 0.15) is 42.3 Å². The van der Waals surface area contributed by atoms with E-state index in [1.807, 2.05) is 38.1 Å². The van der Waals surface area contributed by atoms with Crippen LogP contribution in [0.25, 0.3) is 0 Å². The SMILES string of the molecule is CC(=O)OCc1c(Br)cccc1N1C(=O)c2ccc(N)cc2CC1(C)C.